The van der Waals surface area contributed by atoms with Crippen molar-refractivity contribution in [2.75, 3.05) is 32.8 Å². The summed E-state index contributed by atoms with van der Waals surface area (Å²) >= 11 is 0. The van der Waals surface area contributed by atoms with Gasteiger partial charge in [-0.05, 0) is 12.1 Å². The summed E-state index contributed by atoms with van der Waals surface area (Å²) in [5, 5.41) is 0. The van der Waals surface area contributed by atoms with Crippen LogP contribution in [0.3, 0.4) is 0 Å². The molecule has 126 valence electrons. The number of carbonyl (C=O) groups excluding carboxylic acids is 1. The highest BCUT2D eigenvalue weighted by molar-refractivity contribution is 7.89. The third kappa shape index (κ3) is 3.72. The monoisotopic (exact) mass is 340 g/mol. The van der Waals surface area contributed by atoms with E-state index in [9.17, 15) is 13.2 Å². The first-order valence-corrected chi connectivity index (χ1v) is 9.10. The molecule has 0 bridgehead atoms. The normalized spacial score (nSPS) is 20.8. The molecule has 1 N–H and O–H groups in total. The van der Waals surface area contributed by atoms with E-state index in [0.29, 0.717) is 39.1 Å². The van der Waals surface area contributed by atoms with Gasteiger partial charge in [-0.1, -0.05) is 18.2 Å². The van der Waals surface area contributed by atoms with E-state index in [4.69, 9.17) is 9.47 Å². The predicted molar refractivity (Wildman–Crippen MR) is 82.1 cm³/mol. The van der Waals surface area contributed by atoms with Gasteiger partial charge < -0.3 is 14.4 Å². The Morgan fingerprint density at radius 1 is 1.13 bits per heavy atom. The molecule has 1 aromatic carbocycles. The Kier molecular flexibility index (Phi) is 4.67. The number of carbonyl (C=O) groups is 1. The van der Waals surface area contributed by atoms with Gasteiger partial charge in [0.05, 0.1) is 24.7 Å². The first-order chi connectivity index (χ1) is 11.0. The Hall–Kier alpha value is -1.48. The second-order valence-electron chi connectivity index (χ2n) is 5.63. The first kappa shape index (κ1) is 16.4. The van der Waals surface area contributed by atoms with Gasteiger partial charge in [0.1, 0.15) is 0 Å². The van der Waals surface area contributed by atoms with Crippen LogP contribution in [0, 0.1) is 0 Å². The van der Waals surface area contributed by atoms with Gasteiger partial charge in [-0.25, -0.2) is 13.1 Å². The van der Waals surface area contributed by atoms with Gasteiger partial charge in [-0.3, -0.25) is 4.79 Å². The van der Waals surface area contributed by atoms with Gasteiger partial charge in [0.15, 0.2) is 5.79 Å². The maximum absolute atomic E-state index is 12.2. The highest BCUT2D eigenvalue weighted by atomic mass is 32.2. The van der Waals surface area contributed by atoms with E-state index in [0.717, 1.165) is 0 Å². The van der Waals surface area contributed by atoms with Crippen LogP contribution in [-0.4, -0.2) is 57.9 Å². The van der Waals surface area contributed by atoms with E-state index in [-0.39, 0.29) is 17.3 Å². The molecule has 0 aliphatic carbocycles. The van der Waals surface area contributed by atoms with Crippen molar-refractivity contribution < 1.29 is 22.7 Å². The molecule has 0 aromatic heterocycles. The van der Waals surface area contributed by atoms with Crippen LogP contribution < -0.4 is 4.72 Å². The summed E-state index contributed by atoms with van der Waals surface area (Å²) < 4.78 is 37.8. The third-order valence-electron chi connectivity index (χ3n) is 4.16. The lowest BCUT2D eigenvalue weighted by Gasteiger charge is -2.37. The van der Waals surface area contributed by atoms with Crippen molar-refractivity contribution in [2.24, 2.45) is 0 Å². The molecule has 1 amide bonds. The van der Waals surface area contributed by atoms with Gasteiger partial charge in [-0.15, -0.1) is 0 Å². The van der Waals surface area contributed by atoms with Crippen LogP contribution in [0.4, 0.5) is 0 Å². The molecule has 2 saturated heterocycles. The minimum atomic E-state index is -3.66. The number of ether oxygens (including phenoxy) is 2. The highest BCUT2D eigenvalue weighted by Gasteiger charge is 2.40. The predicted octanol–water partition coefficient (Wildman–Crippen LogP) is 0.330. The number of hydrogen-bond donors (Lipinski definition) is 1. The molecule has 0 unspecified atom stereocenters. The highest BCUT2D eigenvalue weighted by Crippen LogP contribution is 2.31. The van der Waals surface area contributed by atoms with Crippen molar-refractivity contribution in [2.45, 2.75) is 23.5 Å². The van der Waals surface area contributed by atoms with E-state index in [1.165, 1.54) is 12.1 Å². The fourth-order valence-electron chi connectivity index (χ4n) is 2.83. The van der Waals surface area contributed by atoms with E-state index in [2.05, 4.69) is 4.72 Å². The van der Waals surface area contributed by atoms with Gasteiger partial charge in [0, 0.05) is 25.9 Å². The van der Waals surface area contributed by atoms with Crippen LogP contribution in [0.2, 0.25) is 0 Å². The summed E-state index contributed by atoms with van der Waals surface area (Å²) in [6.07, 6.45) is 1.23. The van der Waals surface area contributed by atoms with E-state index in [1.807, 2.05) is 0 Å². The molecule has 0 atom stereocenters. The Morgan fingerprint density at radius 2 is 1.74 bits per heavy atom. The SMILES string of the molecule is O=C(CNS(=O)(=O)c1ccccc1)N1CCC2(CC1)OCCO2. The average Bonchev–Trinajstić information content (AvgIpc) is 3.02. The number of amides is 1. The maximum Gasteiger partial charge on any atom is 0.241 e. The largest absolute Gasteiger partial charge is 0.347 e. The molecule has 0 saturated carbocycles. The molecule has 1 spiro atoms. The van der Waals surface area contributed by atoms with E-state index >= 15 is 0 Å². The van der Waals surface area contributed by atoms with Crippen LogP contribution in [0.25, 0.3) is 0 Å². The van der Waals surface area contributed by atoms with Crippen LogP contribution in [0.5, 0.6) is 0 Å². The number of nitrogens with one attached hydrogen (secondary N) is 1. The van der Waals surface area contributed by atoms with E-state index < -0.39 is 15.8 Å². The topological polar surface area (TPSA) is 84.9 Å². The zero-order chi connectivity index (χ0) is 16.3. The number of likely N-dealkylation sites (tertiary alicyclic amines) is 1. The zero-order valence-corrected chi connectivity index (χ0v) is 13.5. The Bertz CT molecular complexity index is 646. The number of sulfonamides is 1. The standard InChI is InChI=1S/C15H20N2O5S/c18-14(12-16-23(19,20)13-4-2-1-3-5-13)17-8-6-15(7-9-17)21-10-11-22-15/h1-5,16H,6-12H2. The van der Waals surface area contributed by atoms with Crippen molar-refractivity contribution in [3.8, 4) is 0 Å². The number of hydrogen-bond acceptors (Lipinski definition) is 5. The number of benzene rings is 1. The number of piperidine rings is 1. The third-order valence-corrected chi connectivity index (χ3v) is 5.58. The number of rotatable bonds is 4. The lowest BCUT2D eigenvalue weighted by Crippen LogP contribution is -2.49. The molecule has 7 nitrogen and oxygen atoms in total. The van der Waals surface area contributed by atoms with Gasteiger partial charge in [-0.2, -0.15) is 0 Å². The average molecular weight is 340 g/mol. The lowest BCUT2D eigenvalue weighted by atomic mass is 10.0. The summed E-state index contributed by atoms with van der Waals surface area (Å²) in [6.45, 7) is 1.94. The lowest BCUT2D eigenvalue weighted by molar-refractivity contribution is -0.187. The molecule has 3 rings (SSSR count). The summed E-state index contributed by atoms with van der Waals surface area (Å²) in [4.78, 5) is 14.0. The first-order valence-electron chi connectivity index (χ1n) is 7.61. The van der Waals surface area contributed by atoms with Crippen LogP contribution in [-0.2, 0) is 24.3 Å². The van der Waals surface area contributed by atoms with Gasteiger partial charge >= 0.3 is 0 Å². The fraction of sp³-hybridized carbons (Fsp3) is 0.533. The second-order valence-corrected chi connectivity index (χ2v) is 7.39. The van der Waals surface area contributed by atoms with Gasteiger partial charge in [0.25, 0.3) is 0 Å². The summed E-state index contributed by atoms with van der Waals surface area (Å²) in [6, 6.07) is 8.00. The molecular formula is C15H20N2O5S. The molecule has 2 heterocycles. The molecule has 2 fully saturated rings. The zero-order valence-electron chi connectivity index (χ0n) is 12.7. The number of nitrogens with zero attached hydrogens (tertiary/aromatic N) is 1. The van der Waals surface area contributed by atoms with Crippen molar-refractivity contribution in [3.05, 3.63) is 30.3 Å². The Labute approximate surface area is 135 Å². The summed E-state index contributed by atoms with van der Waals surface area (Å²) in [5.74, 6) is -0.780. The Morgan fingerprint density at radius 3 is 2.35 bits per heavy atom. The Balaban J connectivity index is 1.52. The summed E-state index contributed by atoms with van der Waals surface area (Å²) in [7, 11) is -3.66. The van der Waals surface area contributed by atoms with Crippen LogP contribution in [0.1, 0.15) is 12.8 Å². The fourth-order valence-corrected chi connectivity index (χ4v) is 3.83. The molecule has 2 aliphatic heterocycles. The van der Waals surface area contributed by atoms with Crippen molar-refractivity contribution in [1.82, 2.24) is 9.62 Å². The smallest absolute Gasteiger partial charge is 0.241 e. The summed E-state index contributed by atoms with van der Waals surface area (Å²) in [5.41, 5.74) is 0. The van der Waals surface area contributed by atoms with Crippen LogP contribution >= 0.6 is 0 Å². The van der Waals surface area contributed by atoms with Crippen molar-refractivity contribution in [1.29, 1.82) is 0 Å². The molecule has 23 heavy (non-hydrogen) atoms. The molecule has 8 heteroatoms. The molecule has 0 radical (unpaired) electrons. The van der Waals surface area contributed by atoms with Crippen molar-refractivity contribution in [3.63, 3.8) is 0 Å². The van der Waals surface area contributed by atoms with Crippen LogP contribution in [0.15, 0.2) is 35.2 Å². The quantitative estimate of drug-likeness (QED) is 0.854. The second kappa shape index (κ2) is 6.56. The molecular weight excluding hydrogens is 320 g/mol. The van der Waals surface area contributed by atoms with Gasteiger partial charge in [0.2, 0.25) is 15.9 Å². The molecule has 1 aromatic rings. The minimum absolute atomic E-state index is 0.151. The van der Waals surface area contributed by atoms with Crippen molar-refractivity contribution >= 4 is 15.9 Å². The molecule has 2 aliphatic rings. The maximum atomic E-state index is 12.2. The van der Waals surface area contributed by atoms with E-state index in [1.54, 1.807) is 23.1 Å². The minimum Gasteiger partial charge on any atom is -0.347 e.